The Morgan fingerprint density at radius 1 is 0.864 bits per heavy atom. The Balaban J connectivity index is 2.35. The van der Waals surface area contributed by atoms with Crippen molar-refractivity contribution in [3.63, 3.8) is 0 Å². The monoisotopic (exact) mass is 294 g/mol. The third-order valence-corrected chi connectivity index (χ3v) is 4.47. The van der Waals surface area contributed by atoms with E-state index in [1.807, 2.05) is 0 Å². The van der Waals surface area contributed by atoms with Crippen molar-refractivity contribution in [1.29, 1.82) is 0 Å². The molecule has 0 radical (unpaired) electrons. The minimum absolute atomic E-state index is 0.189. The predicted molar refractivity (Wildman–Crippen MR) is 96.5 cm³/mol. The van der Waals surface area contributed by atoms with E-state index in [9.17, 15) is 0 Å². The fourth-order valence-electron chi connectivity index (χ4n) is 3.38. The van der Waals surface area contributed by atoms with E-state index in [0.29, 0.717) is 6.04 Å². The summed E-state index contributed by atoms with van der Waals surface area (Å²) in [6.45, 7) is 8.05. The Labute approximate surface area is 133 Å². The minimum Gasteiger partial charge on any atom is -0.336 e. The molecule has 0 saturated heterocycles. The van der Waals surface area contributed by atoms with E-state index < -0.39 is 0 Å². The maximum absolute atomic E-state index is 2.55. The van der Waals surface area contributed by atoms with Crippen molar-refractivity contribution in [1.82, 2.24) is 9.47 Å². The molecule has 2 aromatic carbocycles. The first-order valence-electron chi connectivity index (χ1n) is 8.02. The number of hydrogen-bond acceptors (Lipinski definition) is 1. The van der Waals surface area contributed by atoms with Crippen LogP contribution >= 0.6 is 0 Å². The lowest BCUT2D eigenvalue weighted by Crippen LogP contribution is -2.33. The number of likely N-dealkylation sites (N-methyl/N-ethyl adjacent to an activating group) is 1. The molecule has 1 aromatic heterocycles. The summed E-state index contributed by atoms with van der Waals surface area (Å²) in [5, 5.41) is 2.71. The molecule has 0 N–H and O–H groups in total. The van der Waals surface area contributed by atoms with Crippen LogP contribution in [0.5, 0.6) is 0 Å². The van der Waals surface area contributed by atoms with Crippen molar-refractivity contribution in [3.8, 4) is 0 Å². The smallest absolute Gasteiger partial charge is 0.0517 e. The van der Waals surface area contributed by atoms with Crippen LogP contribution in [0.1, 0.15) is 26.8 Å². The summed E-state index contributed by atoms with van der Waals surface area (Å²) >= 11 is 0. The van der Waals surface area contributed by atoms with Crippen LogP contribution in [-0.4, -0.2) is 30.1 Å². The first kappa shape index (κ1) is 15.1. The molecular weight excluding hydrogens is 268 g/mol. The fourth-order valence-corrected chi connectivity index (χ4v) is 3.38. The van der Waals surface area contributed by atoms with Gasteiger partial charge in [0.2, 0.25) is 0 Å². The number of hydrogen-bond donors (Lipinski definition) is 0. The molecule has 0 aliphatic rings. The van der Waals surface area contributed by atoms with Gasteiger partial charge in [-0.3, -0.25) is 0 Å². The van der Waals surface area contributed by atoms with Crippen molar-refractivity contribution in [3.05, 3.63) is 48.5 Å². The molecule has 0 aliphatic heterocycles. The molecule has 0 bridgehead atoms. The van der Waals surface area contributed by atoms with Crippen molar-refractivity contribution in [2.75, 3.05) is 20.6 Å². The van der Waals surface area contributed by atoms with E-state index in [4.69, 9.17) is 0 Å². The summed E-state index contributed by atoms with van der Waals surface area (Å²) in [6.07, 6.45) is 0. The molecule has 3 rings (SSSR count). The van der Waals surface area contributed by atoms with Gasteiger partial charge in [0.25, 0.3) is 0 Å². The maximum Gasteiger partial charge on any atom is 0.0517 e. The topological polar surface area (TPSA) is 8.17 Å². The Bertz CT molecular complexity index is 737. The van der Waals surface area contributed by atoms with Gasteiger partial charge in [0.1, 0.15) is 0 Å². The first-order valence-corrected chi connectivity index (χ1v) is 8.02. The van der Waals surface area contributed by atoms with E-state index in [0.717, 1.165) is 6.54 Å². The lowest BCUT2D eigenvalue weighted by Gasteiger charge is -2.35. The van der Waals surface area contributed by atoms with E-state index >= 15 is 0 Å². The third-order valence-electron chi connectivity index (χ3n) is 4.47. The van der Waals surface area contributed by atoms with Gasteiger partial charge in [0.15, 0.2) is 0 Å². The second kappa shape index (κ2) is 5.44. The number of benzene rings is 2. The normalized spacial score (nSPS) is 14.1. The van der Waals surface area contributed by atoms with Gasteiger partial charge in [-0.2, -0.15) is 0 Å². The predicted octanol–water partition coefficient (Wildman–Crippen LogP) is 4.94. The zero-order valence-corrected chi connectivity index (χ0v) is 14.3. The molecule has 0 spiro atoms. The summed E-state index contributed by atoms with van der Waals surface area (Å²) < 4.78 is 2.55. The molecule has 22 heavy (non-hydrogen) atoms. The SMILES string of the molecule is CN(C)CC(n1c2ccccc2c2ccccc21)C(C)(C)C. The van der Waals surface area contributed by atoms with Gasteiger partial charge in [0.05, 0.1) is 6.04 Å². The van der Waals surface area contributed by atoms with Crippen LogP contribution in [0, 0.1) is 5.41 Å². The second-order valence-electron chi connectivity index (χ2n) is 7.55. The summed E-state index contributed by atoms with van der Waals surface area (Å²) in [5.74, 6) is 0. The standard InChI is InChI=1S/C20H26N2/c1-20(2,3)19(14-21(4)5)22-17-12-8-6-10-15(17)16-11-7-9-13-18(16)22/h6-13,19H,14H2,1-5H3. The van der Waals surface area contributed by atoms with Crippen LogP contribution in [0.25, 0.3) is 21.8 Å². The van der Waals surface area contributed by atoms with Gasteiger partial charge < -0.3 is 9.47 Å². The molecule has 1 heterocycles. The molecule has 116 valence electrons. The van der Waals surface area contributed by atoms with Crippen LogP contribution in [0.2, 0.25) is 0 Å². The highest BCUT2D eigenvalue weighted by atomic mass is 15.1. The van der Waals surface area contributed by atoms with E-state index in [2.05, 4.69) is 92.9 Å². The summed E-state index contributed by atoms with van der Waals surface area (Å²) in [4.78, 5) is 2.29. The summed E-state index contributed by atoms with van der Waals surface area (Å²) in [7, 11) is 4.32. The van der Waals surface area contributed by atoms with Crippen LogP contribution in [-0.2, 0) is 0 Å². The highest BCUT2D eigenvalue weighted by Gasteiger charge is 2.29. The molecule has 0 fully saturated rings. The number of rotatable bonds is 3. The number of para-hydroxylation sites is 2. The summed E-state index contributed by atoms with van der Waals surface area (Å²) in [6, 6.07) is 18.0. The molecule has 2 nitrogen and oxygen atoms in total. The zero-order chi connectivity index (χ0) is 15.9. The Hall–Kier alpha value is -1.80. The Morgan fingerprint density at radius 2 is 1.32 bits per heavy atom. The first-order chi connectivity index (χ1) is 10.4. The van der Waals surface area contributed by atoms with Crippen LogP contribution in [0.3, 0.4) is 0 Å². The molecule has 0 aliphatic carbocycles. The maximum atomic E-state index is 2.55. The molecule has 1 atom stereocenters. The number of nitrogens with zero attached hydrogens (tertiary/aromatic N) is 2. The van der Waals surface area contributed by atoms with Gasteiger partial charge in [-0.25, -0.2) is 0 Å². The zero-order valence-electron chi connectivity index (χ0n) is 14.3. The minimum atomic E-state index is 0.189. The molecule has 1 unspecified atom stereocenters. The van der Waals surface area contributed by atoms with Gasteiger partial charge in [-0.05, 0) is 31.6 Å². The third kappa shape index (κ3) is 2.52. The van der Waals surface area contributed by atoms with Crippen LogP contribution < -0.4 is 0 Å². The fraction of sp³-hybridized carbons (Fsp3) is 0.400. The average Bonchev–Trinajstić information content (AvgIpc) is 2.78. The lowest BCUT2D eigenvalue weighted by atomic mass is 9.86. The molecule has 2 heteroatoms. The number of aromatic nitrogens is 1. The van der Waals surface area contributed by atoms with Crippen molar-refractivity contribution in [2.45, 2.75) is 26.8 Å². The highest BCUT2D eigenvalue weighted by molar-refractivity contribution is 6.08. The summed E-state index contributed by atoms with van der Waals surface area (Å²) in [5.41, 5.74) is 2.87. The Kier molecular flexibility index (Phi) is 3.73. The lowest BCUT2D eigenvalue weighted by molar-refractivity contribution is 0.197. The second-order valence-corrected chi connectivity index (χ2v) is 7.55. The van der Waals surface area contributed by atoms with E-state index in [1.165, 1.54) is 21.8 Å². The van der Waals surface area contributed by atoms with E-state index in [1.54, 1.807) is 0 Å². The van der Waals surface area contributed by atoms with Crippen molar-refractivity contribution < 1.29 is 0 Å². The van der Waals surface area contributed by atoms with Gasteiger partial charge in [-0.1, -0.05) is 57.2 Å². The quantitative estimate of drug-likeness (QED) is 0.664. The van der Waals surface area contributed by atoms with Crippen LogP contribution in [0.4, 0.5) is 0 Å². The van der Waals surface area contributed by atoms with Gasteiger partial charge >= 0.3 is 0 Å². The largest absolute Gasteiger partial charge is 0.336 e. The molecular formula is C20H26N2. The Morgan fingerprint density at radius 3 is 1.73 bits per heavy atom. The van der Waals surface area contributed by atoms with E-state index in [-0.39, 0.29) is 5.41 Å². The molecule has 0 saturated carbocycles. The number of fused-ring (bicyclic) bond motifs is 3. The van der Waals surface area contributed by atoms with Gasteiger partial charge in [0, 0.05) is 28.4 Å². The van der Waals surface area contributed by atoms with Crippen molar-refractivity contribution >= 4 is 21.8 Å². The molecule has 0 amide bonds. The highest BCUT2D eigenvalue weighted by Crippen LogP contribution is 2.38. The van der Waals surface area contributed by atoms with Gasteiger partial charge in [-0.15, -0.1) is 0 Å². The van der Waals surface area contributed by atoms with Crippen molar-refractivity contribution in [2.24, 2.45) is 5.41 Å². The molecule has 3 aromatic rings. The van der Waals surface area contributed by atoms with Crippen LogP contribution in [0.15, 0.2) is 48.5 Å². The average molecular weight is 294 g/mol.